The molecule has 0 aliphatic rings. The molecule has 0 radical (unpaired) electrons. The van der Waals surface area contributed by atoms with Crippen LogP contribution in [0.15, 0.2) is 47.7 Å². The number of fused-ring (bicyclic) bond motifs is 3. The van der Waals surface area contributed by atoms with E-state index in [0.717, 1.165) is 22.0 Å². The maximum atomic E-state index is 4.19. The second-order valence-electron chi connectivity index (χ2n) is 4.44. The van der Waals surface area contributed by atoms with E-state index in [1.165, 1.54) is 10.9 Å². The Morgan fingerprint density at radius 3 is 2.89 bits per heavy atom. The fraction of sp³-hybridized carbons (Fsp3) is 0.125. The van der Waals surface area contributed by atoms with Crippen LogP contribution in [0.4, 0.5) is 0 Å². The number of aromatic amines is 1. The minimum Gasteiger partial charge on any atom is -0.354 e. The molecule has 2 heterocycles. The molecule has 0 saturated heterocycles. The van der Waals surface area contributed by atoms with Gasteiger partial charge in [-0.3, -0.25) is 9.98 Å². The molecule has 94 valence electrons. The summed E-state index contributed by atoms with van der Waals surface area (Å²) < 4.78 is 0. The Morgan fingerprint density at radius 1 is 1.21 bits per heavy atom. The normalized spacial score (nSPS) is 12.8. The quantitative estimate of drug-likeness (QED) is 0.689. The maximum Gasteiger partial charge on any atom is 0.0495 e. The lowest BCUT2D eigenvalue weighted by atomic mass is 10.0. The lowest BCUT2D eigenvalue weighted by molar-refractivity contribution is 1.36. The predicted molar refractivity (Wildman–Crippen MR) is 81.7 cm³/mol. The predicted octanol–water partition coefficient (Wildman–Crippen LogP) is 3.82. The third-order valence-electron chi connectivity index (χ3n) is 3.31. The molecule has 0 saturated carbocycles. The Bertz CT molecular complexity index is 794. The minimum atomic E-state index is 1.12. The first-order chi connectivity index (χ1) is 9.33. The summed E-state index contributed by atoms with van der Waals surface area (Å²) >= 11 is 0. The van der Waals surface area contributed by atoms with E-state index in [4.69, 9.17) is 0 Å². The SMILES string of the molecule is C/C=C(\C=NC)c1ccc2c(c1)[nH]c1ccncc12. The third kappa shape index (κ3) is 1.93. The number of hydrogen-bond acceptors (Lipinski definition) is 2. The highest BCUT2D eigenvalue weighted by Crippen LogP contribution is 2.27. The van der Waals surface area contributed by atoms with Crippen LogP contribution in [0.5, 0.6) is 0 Å². The molecule has 3 aromatic rings. The van der Waals surface area contributed by atoms with Crippen LogP contribution in [-0.4, -0.2) is 23.2 Å². The highest BCUT2D eigenvalue weighted by atomic mass is 14.7. The van der Waals surface area contributed by atoms with Gasteiger partial charge in [0.15, 0.2) is 0 Å². The van der Waals surface area contributed by atoms with Gasteiger partial charge in [-0.05, 0) is 30.2 Å². The fourth-order valence-electron chi connectivity index (χ4n) is 2.38. The van der Waals surface area contributed by atoms with Crippen molar-refractivity contribution in [2.75, 3.05) is 7.05 Å². The largest absolute Gasteiger partial charge is 0.354 e. The minimum absolute atomic E-state index is 1.12. The van der Waals surface area contributed by atoms with Crippen LogP contribution >= 0.6 is 0 Å². The molecule has 0 aliphatic heterocycles. The highest BCUT2D eigenvalue weighted by molar-refractivity contribution is 6.12. The Hall–Kier alpha value is -2.42. The van der Waals surface area contributed by atoms with Crippen molar-refractivity contribution in [1.29, 1.82) is 0 Å². The first-order valence-electron chi connectivity index (χ1n) is 6.28. The number of benzene rings is 1. The third-order valence-corrected chi connectivity index (χ3v) is 3.31. The van der Waals surface area contributed by atoms with E-state index in [1.54, 1.807) is 13.2 Å². The van der Waals surface area contributed by atoms with E-state index < -0.39 is 0 Å². The van der Waals surface area contributed by atoms with Crippen LogP contribution in [0.1, 0.15) is 12.5 Å². The maximum absolute atomic E-state index is 4.19. The van der Waals surface area contributed by atoms with Gasteiger partial charge in [0.2, 0.25) is 0 Å². The molecule has 3 nitrogen and oxygen atoms in total. The summed E-state index contributed by atoms with van der Waals surface area (Å²) in [4.78, 5) is 11.7. The molecule has 3 heteroatoms. The number of pyridine rings is 1. The van der Waals surface area contributed by atoms with Crippen LogP contribution < -0.4 is 0 Å². The van der Waals surface area contributed by atoms with E-state index >= 15 is 0 Å². The van der Waals surface area contributed by atoms with Crippen molar-refractivity contribution < 1.29 is 0 Å². The molecule has 19 heavy (non-hydrogen) atoms. The second-order valence-corrected chi connectivity index (χ2v) is 4.44. The number of aliphatic imine (C=N–C) groups is 1. The summed E-state index contributed by atoms with van der Waals surface area (Å²) in [5, 5.41) is 2.37. The lowest BCUT2D eigenvalue weighted by Crippen LogP contribution is -1.85. The monoisotopic (exact) mass is 249 g/mol. The van der Waals surface area contributed by atoms with Gasteiger partial charge >= 0.3 is 0 Å². The molecule has 3 rings (SSSR count). The number of rotatable bonds is 2. The summed E-state index contributed by atoms with van der Waals surface area (Å²) in [6.45, 7) is 2.02. The summed E-state index contributed by atoms with van der Waals surface area (Å²) in [5.74, 6) is 0. The summed E-state index contributed by atoms with van der Waals surface area (Å²) in [6, 6.07) is 8.42. The topological polar surface area (TPSA) is 41.0 Å². The van der Waals surface area contributed by atoms with Gasteiger partial charge in [-0.2, -0.15) is 0 Å². The van der Waals surface area contributed by atoms with Crippen molar-refractivity contribution in [3.8, 4) is 0 Å². The van der Waals surface area contributed by atoms with E-state index in [0.29, 0.717) is 0 Å². The number of hydrogen-bond donors (Lipinski definition) is 1. The van der Waals surface area contributed by atoms with Crippen molar-refractivity contribution in [2.24, 2.45) is 4.99 Å². The standard InChI is InChI=1S/C16H15N3/c1-3-11(9-17-2)12-4-5-13-14-10-18-7-6-15(14)19-16(13)8-12/h3-10,19H,1-2H3/b11-3+,17-9?. The highest BCUT2D eigenvalue weighted by Gasteiger charge is 2.05. The zero-order chi connectivity index (χ0) is 13.2. The van der Waals surface area contributed by atoms with Crippen LogP contribution in [0.25, 0.3) is 27.4 Å². The van der Waals surface area contributed by atoms with Crippen molar-refractivity contribution in [2.45, 2.75) is 6.92 Å². The Balaban J connectivity index is 2.24. The molecule has 1 N–H and O–H groups in total. The van der Waals surface area contributed by atoms with Crippen molar-refractivity contribution in [3.05, 3.63) is 48.3 Å². The van der Waals surface area contributed by atoms with Gasteiger partial charge in [-0.15, -0.1) is 0 Å². The number of nitrogens with zero attached hydrogens (tertiary/aromatic N) is 2. The van der Waals surface area contributed by atoms with Gasteiger partial charge in [-0.1, -0.05) is 18.2 Å². The molecule has 0 aliphatic carbocycles. The van der Waals surface area contributed by atoms with E-state index in [9.17, 15) is 0 Å². The zero-order valence-corrected chi connectivity index (χ0v) is 11.0. The van der Waals surface area contributed by atoms with Gasteiger partial charge in [0.25, 0.3) is 0 Å². The first kappa shape index (κ1) is 11.7. The first-order valence-corrected chi connectivity index (χ1v) is 6.28. The van der Waals surface area contributed by atoms with Gasteiger partial charge in [0.05, 0.1) is 0 Å². The Kier molecular flexibility index (Phi) is 2.88. The van der Waals surface area contributed by atoms with Crippen molar-refractivity contribution in [3.63, 3.8) is 0 Å². The summed E-state index contributed by atoms with van der Waals surface area (Å²) in [7, 11) is 1.79. The fourth-order valence-corrected chi connectivity index (χ4v) is 2.38. The number of H-pyrrole nitrogens is 1. The molecule has 0 atom stereocenters. The number of allylic oxidation sites excluding steroid dienone is 2. The molecule has 0 bridgehead atoms. The molecular formula is C16H15N3. The van der Waals surface area contributed by atoms with Crippen molar-refractivity contribution >= 4 is 33.6 Å². The Morgan fingerprint density at radius 2 is 2.11 bits per heavy atom. The average molecular weight is 249 g/mol. The summed E-state index contributed by atoms with van der Waals surface area (Å²) in [6.07, 6.45) is 7.65. The molecule has 0 amide bonds. The average Bonchev–Trinajstić information content (AvgIpc) is 2.82. The number of nitrogens with one attached hydrogen (secondary N) is 1. The lowest BCUT2D eigenvalue weighted by Gasteiger charge is -2.01. The molecular weight excluding hydrogens is 234 g/mol. The second kappa shape index (κ2) is 4.69. The smallest absolute Gasteiger partial charge is 0.0495 e. The van der Waals surface area contributed by atoms with Gasteiger partial charge in [0.1, 0.15) is 0 Å². The zero-order valence-electron chi connectivity index (χ0n) is 11.0. The van der Waals surface area contributed by atoms with E-state index in [-0.39, 0.29) is 0 Å². The van der Waals surface area contributed by atoms with Crippen LogP contribution in [0.3, 0.4) is 0 Å². The van der Waals surface area contributed by atoms with Gasteiger partial charge in [0, 0.05) is 47.5 Å². The molecule has 1 aromatic carbocycles. The van der Waals surface area contributed by atoms with Gasteiger partial charge in [-0.25, -0.2) is 0 Å². The Labute approximate surface area is 111 Å². The van der Waals surface area contributed by atoms with Crippen molar-refractivity contribution in [1.82, 2.24) is 9.97 Å². The van der Waals surface area contributed by atoms with Crippen LogP contribution in [0, 0.1) is 0 Å². The van der Waals surface area contributed by atoms with E-state index in [1.807, 2.05) is 25.4 Å². The number of aromatic nitrogens is 2. The van der Waals surface area contributed by atoms with Crippen LogP contribution in [0.2, 0.25) is 0 Å². The summed E-state index contributed by atoms with van der Waals surface area (Å²) in [5.41, 5.74) is 4.54. The molecule has 0 spiro atoms. The molecule has 0 fully saturated rings. The van der Waals surface area contributed by atoms with Crippen LogP contribution in [-0.2, 0) is 0 Å². The molecule has 2 aromatic heterocycles. The van der Waals surface area contributed by atoms with Gasteiger partial charge < -0.3 is 4.98 Å². The van der Waals surface area contributed by atoms with E-state index in [2.05, 4.69) is 39.2 Å². The molecule has 0 unspecified atom stereocenters.